The second-order valence-electron chi connectivity index (χ2n) is 3.89. The van der Waals surface area contributed by atoms with Gasteiger partial charge in [-0.05, 0) is 6.07 Å². The fourth-order valence-electron chi connectivity index (χ4n) is 1.60. The van der Waals surface area contributed by atoms with Crippen molar-refractivity contribution in [1.29, 1.82) is 5.41 Å². The first kappa shape index (κ1) is 13.6. The minimum absolute atomic E-state index is 0.0908. The third-order valence-electron chi connectivity index (χ3n) is 2.61. The Hall–Kier alpha value is -2.84. The Morgan fingerprint density at radius 2 is 2.20 bits per heavy atom. The van der Waals surface area contributed by atoms with Crippen LogP contribution in [0.4, 0.5) is 20.2 Å². The van der Waals surface area contributed by atoms with Gasteiger partial charge in [0, 0.05) is 35.1 Å². The molecular weight excluding hydrogens is 272 g/mol. The number of nitrogens with two attached hydrogens (primary N) is 1. The number of nitrogens with zero attached hydrogens (tertiary/aromatic N) is 3. The normalized spacial score (nSPS) is 10.8. The van der Waals surface area contributed by atoms with E-state index in [1.165, 1.54) is 12.1 Å². The molecule has 2 rings (SSSR count). The molecule has 0 aliphatic rings. The summed E-state index contributed by atoms with van der Waals surface area (Å²) in [4.78, 5) is 10.1. The van der Waals surface area contributed by atoms with Gasteiger partial charge in [0.25, 0.3) is 5.69 Å². The van der Waals surface area contributed by atoms with Gasteiger partial charge in [0.1, 0.15) is 0 Å². The molecule has 20 heavy (non-hydrogen) atoms. The Kier molecular flexibility index (Phi) is 3.42. The molecule has 0 aliphatic heterocycles. The highest BCUT2D eigenvalue weighted by Crippen LogP contribution is 2.23. The van der Waals surface area contributed by atoms with E-state index in [1.807, 2.05) is 0 Å². The van der Waals surface area contributed by atoms with E-state index in [0.717, 1.165) is 18.5 Å². The molecule has 0 aliphatic carbocycles. The van der Waals surface area contributed by atoms with Crippen molar-refractivity contribution in [3.63, 3.8) is 0 Å². The SMILES string of the molecule is N=C(c1cnn(C(F)F)c1)c1cc([N+](=O)[O-])ccc1N. The van der Waals surface area contributed by atoms with Crippen LogP contribution in [0, 0.1) is 15.5 Å². The first-order valence-electron chi connectivity index (χ1n) is 5.35. The number of non-ortho nitro benzene ring substituents is 1. The van der Waals surface area contributed by atoms with Crippen molar-refractivity contribution in [2.45, 2.75) is 6.55 Å². The molecule has 2 aromatic rings. The van der Waals surface area contributed by atoms with Gasteiger partial charge in [0.05, 0.1) is 16.8 Å². The number of benzene rings is 1. The maximum absolute atomic E-state index is 12.4. The molecule has 0 spiro atoms. The van der Waals surface area contributed by atoms with Crippen LogP contribution < -0.4 is 5.73 Å². The predicted octanol–water partition coefficient (Wildman–Crippen LogP) is 2.18. The van der Waals surface area contributed by atoms with E-state index in [1.54, 1.807) is 0 Å². The van der Waals surface area contributed by atoms with E-state index in [2.05, 4.69) is 5.10 Å². The third-order valence-corrected chi connectivity index (χ3v) is 2.61. The maximum Gasteiger partial charge on any atom is 0.333 e. The quantitative estimate of drug-likeness (QED) is 0.387. The van der Waals surface area contributed by atoms with Gasteiger partial charge in [0.15, 0.2) is 0 Å². The van der Waals surface area contributed by atoms with Crippen molar-refractivity contribution < 1.29 is 13.7 Å². The number of nitrogens with one attached hydrogen (secondary N) is 1. The molecule has 0 saturated heterocycles. The van der Waals surface area contributed by atoms with Crippen LogP contribution in [0.25, 0.3) is 0 Å². The summed E-state index contributed by atoms with van der Waals surface area (Å²) < 4.78 is 25.2. The number of anilines is 1. The Morgan fingerprint density at radius 3 is 2.75 bits per heavy atom. The van der Waals surface area contributed by atoms with Crippen LogP contribution in [0.3, 0.4) is 0 Å². The van der Waals surface area contributed by atoms with Gasteiger partial charge in [-0.2, -0.15) is 13.9 Å². The summed E-state index contributed by atoms with van der Waals surface area (Å²) in [5.74, 6) is 0. The number of nitro groups is 1. The van der Waals surface area contributed by atoms with E-state index in [9.17, 15) is 18.9 Å². The van der Waals surface area contributed by atoms with Crippen molar-refractivity contribution >= 4 is 17.1 Å². The van der Waals surface area contributed by atoms with Crippen molar-refractivity contribution in [2.75, 3.05) is 5.73 Å². The molecule has 1 aromatic heterocycles. The lowest BCUT2D eigenvalue weighted by atomic mass is 10.0. The number of hydrogen-bond acceptors (Lipinski definition) is 5. The fraction of sp³-hybridized carbons (Fsp3) is 0.0909. The van der Waals surface area contributed by atoms with E-state index in [4.69, 9.17) is 11.1 Å². The Morgan fingerprint density at radius 1 is 1.50 bits per heavy atom. The molecule has 1 aromatic carbocycles. The average Bonchev–Trinajstić information content (AvgIpc) is 2.88. The van der Waals surface area contributed by atoms with E-state index in [-0.39, 0.29) is 28.2 Å². The second-order valence-corrected chi connectivity index (χ2v) is 3.89. The molecule has 0 bridgehead atoms. The highest BCUT2D eigenvalue weighted by Gasteiger charge is 2.16. The summed E-state index contributed by atoms with van der Waals surface area (Å²) in [7, 11) is 0. The van der Waals surface area contributed by atoms with Gasteiger partial charge in [0.2, 0.25) is 0 Å². The molecule has 0 amide bonds. The number of hydrogen-bond donors (Lipinski definition) is 2. The number of nitrogen functional groups attached to an aromatic ring is 1. The summed E-state index contributed by atoms with van der Waals surface area (Å²) in [6.07, 6.45) is 2.05. The predicted molar refractivity (Wildman–Crippen MR) is 66.9 cm³/mol. The van der Waals surface area contributed by atoms with Crippen LogP contribution in [0.5, 0.6) is 0 Å². The topological polar surface area (TPSA) is 111 Å². The van der Waals surface area contributed by atoms with Crippen LogP contribution in [-0.2, 0) is 0 Å². The molecule has 104 valence electrons. The van der Waals surface area contributed by atoms with Crippen molar-refractivity contribution in [1.82, 2.24) is 9.78 Å². The molecular formula is C11H9F2N5O2. The Balaban J connectivity index is 2.41. The van der Waals surface area contributed by atoms with Gasteiger partial charge >= 0.3 is 6.55 Å². The molecule has 0 fully saturated rings. The zero-order valence-corrected chi connectivity index (χ0v) is 9.96. The summed E-state index contributed by atoms with van der Waals surface area (Å²) in [6, 6.07) is 3.62. The highest BCUT2D eigenvalue weighted by molar-refractivity contribution is 6.13. The van der Waals surface area contributed by atoms with Crippen LogP contribution in [0.15, 0.2) is 30.6 Å². The molecule has 0 saturated carbocycles. The average molecular weight is 281 g/mol. The van der Waals surface area contributed by atoms with E-state index >= 15 is 0 Å². The summed E-state index contributed by atoms with van der Waals surface area (Å²) in [5.41, 5.74) is 5.54. The van der Waals surface area contributed by atoms with Crippen molar-refractivity contribution in [3.8, 4) is 0 Å². The van der Waals surface area contributed by atoms with Crippen LogP contribution in [-0.4, -0.2) is 20.4 Å². The van der Waals surface area contributed by atoms with Crippen LogP contribution in [0.2, 0.25) is 0 Å². The van der Waals surface area contributed by atoms with Gasteiger partial charge in [-0.15, -0.1) is 0 Å². The fourth-order valence-corrected chi connectivity index (χ4v) is 1.60. The van der Waals surface area contributed by atoms with Gasteiger partial charge in [-0.3, -0.25) is 15.5 Å². The number of nitro benzene ring substituents is 1. The molecule has 3 N–H and O–H groups in total. The second kappa shape index (κ2) is 5.03. The van der Waals surface area contributed by atoms with E-state index < -0.39 is 11.5 Å². The first-order valence-corrected chi connectivity index (χ1v) is 5.35. The minimum Gasteiger partial charge on any atom is -0.398 e. The van der Waals surface area contributed by atoms with Gasteiger partial charge < -0.3 is 5.73 Å². The highest BCUT2D eigenvalue weighted by atomic mass is 19.3. The molecule has 0 atom stereocenters. The zero-order chi connectivity index (χ0) is 14.9. The molecule has 0 radical (unpaired) electrons. The number of halogens is 2. The van der Waals surface area contributed by atoms with Crippen LogP contribution >= 0.6 is 0 Å². The largest absolute Gasteiger partial charge is 0.398 e. The summed E-state index contributed by atoms with van der Waals surface area (Å²) in [5, 5.41) is 22.0. The van der Waals surface area contributed by atoms with Gasteiger partial charge in [-0.25, -0.2) is 4.68 Å². The van der Waals surface area contributed by atoms with Crippen molar-refractivity contribution in [2.24, 2.45) is 0 Å². The van der Waals surface area contributed by atoms with E-state index in [0.29, 0.717) is 4.68 Å². The number of rotatable bonds is 4. The van der Waals surface area contributed by atoms with Crippen LogP contribution in [0.1, 0.15) is 17.7 Å². The molecule has 0 unspecified atom stereocenters. The first-order chi connectivity index (χ1) is 9.40. The zero-order valence-electron chi connectivity index (χ0n) is 9.96. The monoisotopic (exact) mass is 281 g/mol. The Bertz CT molecular complexity index is 683. The molecule has 9 heteroatoms. The lowest BCUT2D eigenvalue weighted by molar-refractivity contribution is -0.384. The number of alkyl halides is 2. The smallest absolute Gasteiger partial charge is 0.333 e. The van der Waals surface area contributed by atoms with Crippen molar-refractivity contribution in [3.05, 3.63) is 51.8 Å². The third kappa shape index (κ3) is 2.46. The summed E-state index contributed by atoms with van der Waals surface area (Å²) >= 11 is 0. The van der Waals surface area contributed by atoms with Gasteiger partial charge in [-0.1, -0.05) is 0 Å². The minimum atomic E-state index is -2.82. The summed E-state index contributed by atoms with van der Waals surface area (Å²) in [6.45, 7) is -2.82. The Labute approximate surface area is 111 Å². The lowest BCUT2D eigenvalue weighted by Gasteiger charge is -2.05. The molecule has 1 heterocycles. The maximum atomic E-state index is 12.4. The number of aromatic nitrogens is 2. The standard InChI is InChI=1S/C11H9F2N5O2/c12-11(13)17-5-6(4-16-17)10(15)8-3-7(18(19)20)1-2-9(8)14/h1-5,11,15H,14H2. The molecule has 7 nitrogen and oxygen atoms in total. The lowest BCUT2D eigenvalue weighted by Crippen LogP contribution is -2.06.